The largest absolute Gasteiger partial charge is 0.480 e. The number of benzene rings is 1. The molecule has 0 spiro atoms. The van der Waals surface area contributed by atoms with Gasteiger partial charge in [-0.3, -0.25) is 4.79 Å². The molecule has 21 heavy (non-hydrogen) atoms. The van der Waals surface area contributed by atoms with Crippen molar-refractivity contribution in [2.75, 3.05) is 7.05 Å². The van der Waals surface area contributed by atoms with Crippen molar-refractivity contribution in [2.45, 2.75) is 29.8 Å². The average molecular weight is 321 g/mol. The maximum absolute atomic E-state index is 12.2. The zero-order valence-corrected chi connectivity index (χ0v) is 12.4. The molecule has 0 saturated carbocycles. The number of carboxylic acids is 1. The second kappa shape index (κ2) is 5.97. The van der Waals surface area contributed by atoms with E-state index in [1.165, 1.54) is 45.2 Å². The lowest BCUT2D eigenvalue weighted by molar-refractivity contribution is -0.147. The Morgan fingerprint density at radius 1 is 1.14 bits per heavy atom. The monoisotopic (exact) mass is 321 g/mol. The molecule has 0 saturated heterocycles. The fourth-order valence-corrected chi connectivity index (χ4v) is 1.93. The minimum Gasteiger partial charge on any atom is -0.480 e. The number of rotatable bonds is 4. The van der Waals surface area contributed by atoms with Crippen molar-refractivity contribution in [3.8, 4) is 0 Å². The first-order valence-electron chi connectivity index (χ1n) is 5.82. The second-order valence-corrected chi connectivity index (χ2v) is 5.94. The SMILES string of the molecule is CN(C(=O)c1ccc(SC(F)(F)F)cc1)C(C)(C)C(=O)O. The molecule has 0 aliphatic carbocycles. The first-order chi connectivity index (χ1) is 9.45. The van der Waals surface area contributed by atoms with Crippen LogP contribution in [0.2, 0.25) is 0 Å². The quantitative estimate of drug-likeness (QED) is 0.865. The highest BCUT2D eigenvalue weighted by molar-refractivity contribution is 8.00. The number of hydrogen-bond donors (Lipinski definition) is 1. The van der Waals surface area contributed by atoms with Crippen molar-refractivity contribution in [3.05, 3.63) is 29.8 Å². The molecule has 0 atom stereocenters. The van der Waals surface area contributed by atoms with Gasteiger partial charge in [0.1, 0.15) is 5.54 Å². The van der Waals surface area contributed by atoms with E-state index in [0.29, 0.717) is 0 Å². The van der Waals surface area contributed by atoms with Crippen molar-refractivity contribution in [3.63, 3.8) is 0 Å². The summed E-state index contributed by atoms with van der Waals surface area (Å²) in [4.78, 5) is 24.2. The summed E-state index contributed by atoms with van der Waals surface area (Å²) in [6, 6.07) is 4.83. The molecule has 116 valence electrons. The van der Waals surface area contributed by atoms with Crippen LogP contribution in [0.1, 0.15) is 24.2 Å². The molecule has 0 bridgehead atoms. The van der Waals surface area contributed by atoms with E-state index < -0.39 is 22.9 Å². The summed E-state index contributed by atoms with van der Waals surface area (Å²) < 4.78 is 36.6. The minimum atomic E-state index is -4.40. The highest BCUT2D eigenvalue weighted by Crippen LogP contribution is 2.36. The number of likely N-dealkylation sites (N-methyl/N-ethyl adjacent to an activating group) is 1. The summed E-state index contributed by atoms with van der Waals surface area (Å²) in [6.45, 7) is 2.72. The van der Waals surface area contributed by atoms with Crippen LogP contribution in [0.5, 0.6) is 0 Å². The number of carboxylic acid groups (broad SMARTS) is 1. The molecule has 1 aromatic carbocycles. The predicted octanol–water partition coefficient (Wildman–Crippen LogP) is 3.23. The number of aliphatic carboxylic acids is 1. The first kappa shape index (κ1) is 17.4. The first-order valence-corrected chi connectivity index (χ1v) is 6.64. The van der Waals surface area contributed by atoms with Crippen LogP contribution in [0.15, 0.2) is 29.2 Å². The van der Waals surface area contributed by atoms with E-state index in [1.54, 1.807) is 0 Å². The molecule has 0 aliphatic heterocycles. The van der Waals surface area contributed by atoms with Crippen molar-refractivity contribution >= 4 is 23.6 Å². The Balaban J connectivity index is 2.92. The summed E-state index contributed by atoms with van der Waals surface area (Å²) in [6.07, 6.45) is 0. The Kier molecular flexibility index (Phi) is 4.93. The summed E-state index contributed by atoms with van der Waals surface area (Å²) >= 11 is -0.279. The van der Waals surface area contributed by atoms with Crippen molar-refractivity contribution in [1.29, 1.82) is 0 Å². The zero-order valence-electron chi connectivity index (χ0n) is 11.6. The third-order valence-electron chi connectivity index (χ3n) is 3.00. The van der Waals surface area contributed by atoms with Crippen molar-refractivity contribution in [1.82, 2.24) is 4.90 Å². The highest BCUT2D eigenvalue weighted by atomic mass is 32.2. The summed E-state index contributed by atoms with van der Waals surface area (Å²) in [5.41, 5.74) is -5.69. The maximum Gasteiger partial charge on any atom is 0.446 e. The number of carbonyl (C=O) groups excluding carboxylic acids is 1. The topological polar surface area (TPSA) is 57.6 Å². The van der Waals surface area contributed by atoms with Crippen LogP contribution >= 0.6 is 11.8 Å². The molecular formula is C13H14F3NO3S. The normalized spacial score (nSPS) is 12.1. The molecule has 1 N–H and O–H groups in total. The van der Waals surface area contributed by atoms with Crippen LogP contribution in [0.4, 0.5) is 13.2 Å². The molecule has 0 aliphatic rings. The van der Waals surface area contributed by atoms with E-state index in [4.69, 9.17) is 5.11 Å². The fourth-order valence-electron chi connectivity index (χ4n) is 1.39. The van der Waals surface area contributed by atoms with E-state index in [9.17, 15) is 22.8 Å². The molecule has 0 aromatic heterocycles. The Morgan fingerprint density at radius 3 is 2.00 bits per heavy atom. The minimum absolute atomic E-state index is 0.0424. The molecule has 8 heteroatoms. The van der Waals surface area contributed by atoms with Gasteiger partial charge in [-0.15, -0.1) is 0 Å². The van der Waals surface area contributed by atoms with E-state index in [0.717, 1.165) is 4.90 Å². The summed E-state index contributed by atoms with van der Waals surface area (Å²) in [5, 5.41) is 9.06. The fraction of sp³-hybridized carbons (Fsp3) is 0.385. The number of halogens is 3. The lowest BCUT2D eigenvalue weighted by Gasteiger charge is -2.31. The molecule has 4 nitrogen and oxygen atoms in total. The summed E-state index contributed by atoms with van der Waals surface area (Å²) in [7, 11) is 1.33. The van der Waals surface area contributed by atoms with Gasteiger partial charge in [0.25, 0.3) is 5.91 Å². The Morgan fingerprint density at radius 2 is 1.62 bits per heavy atom. The molecule has 0 heterocycles. The van der Waals surface area contributed by atoms with Gasteiger partial charge in [-0.25, -0.2) is 4.79 Å². The van der Waals surface area contributed by atoms with Crippen LogP contribution in [0.3, 0.4) is 0 Å². The van der Waals surface area contributed by atoms with E-state index in [-0.39, 0.29) is 22.2 Å². The van der Waals surface area contributed by atoms with Crippen LogP contribution in [-0.2, 0) is 4.79 Å². The second-order valence-electron chi connectivity index (χ2n) is 4.80. The molecule has 1 rings (SSSR count). The lowest BCUT2D eigenvalue weighted by atomic mass is 10.0. The van der Waals surface area contributed by atoms with Crippen LogP contribution in [0, 0.1) is 0 Å². The van der Waals surface area contributed by atoms with Gasteiger partial charge in [-0.1, -0.05) is 0 Å². The zero-order chi connectivity index (χ0) is 16.4. The average Bonchev–Trinajstić information content (AvgIpc) is 2.35. The van der Waals surface area contributed by atoms with Crippen molar-refractivity contribution < 1.29 is 27.9 Å². The number of hydrogen-bond acceptors (Lipinski definition) is 3. The van der Waals surface area contributed by atoms with E-state index in [1.807, 2.05) is 0 Å². The van der Waals surface area contributed by atoms with Crippen LogP contribution in [0.25, 0.3) is 0 Å². The smallest absolute Gasteiger partial charge is 0.446 e. The van der Waals surface area contributed by atoms with Crippen molar-refractivity contribution in [2.24, 2.45) is 0 Å². The van der Waals surface area contributed by atoms with Gasteiger partial charge < -0.3 is 10.0 Å². The third-order valence-corrected chi connectivity index (χ3v) is 3.74. The molecule has 0 radical (unpaired) electrons. The lowest BCUT2D eigenvalue weighted by Crippen LogP contribution is -2.50. The predicted molar refractivity (Wildman–Crippen MR) is 72.2 cm³/mol. The van der Waals surface area contributed by atoms with Gasteiger partial charge in [0.2, 0.25) is 0 Å². The number of thioether (sulfide) groups is 1. The molecule has 0 fully saturated rings. The van der Waals surface area contributed by atoms with Gasteiger partial charge in [-0.2, -0.15) is 13.2 Å². The van der Waals surface area contributed by atoms with Gasteiger partial charge in [0.05, 0.1) is 0 Å². The standard InChI is InChI=1S/C13H14F3NO3S/c1-12(2,11(19)20)17(3)10(18)8-4-6-9(7-5-8)21-13(14,15)16/h4-7H,1-3H3,(H,19,20). The third kappa shape index (κ3) is 4.38. The van der Waals surface area contributed by atoms with E-state index in [2.05, 4.69) is 0 Å². The Bertz CT molecular complexity index is 541. The Hall–Kier alpha value is -1.70. The van der Waals surface area contributed by atoms with E-state index >= 15 is 0 Å². The van der Waals surface area contributed by atoms with Gasteiger partial charge in [0, 0.05) is 17.5 Å². The summed E-state index contributed by atoms with van der Waals surface area (Å²) in [5.74, 6) is -1.76. The van der Waals surface area contributed by atoms with Crippen LogP contribution in [-0.4, -0.2) is 40.0 Å². The maximum atomic E-state index is 12.2. The molecule has 1 aromatic rings. The number of alkyl halides is 3. The molecule has 0 unspecified atom stereocenters. The highest BCUT2D eigenvalue weighted by Gasteiger charge is 2.35. The van der Waals surface area contributed by atoms with Gasteiger partial charge in [0.15, 0.2) is 0 Å². The molecule has 1 amide bonds. The number of carbonyl (C=O) groups is 2. The number of nitrogens with zero attached hydrogens (tertiary/aromatic N) is 1. The molecular weight excluding hydrogens is 307 g/mol. The Labute approximate surface area is 123 Å². The number of amides is 1. The van der Waals surface area contributed by atoms with Gasteiger partial charge in [-0.05, 0) is 49.9 Å². The van der Waals surface area contributed by atoms with Gasteiger partial charge >= 0.3 is 11.5 Å². The van der Waals surface area contributed by atoms with Crippen LogP contribution < -0.4 is 0 Å².